The van der Waals surface area contributed by atoms with Crippen LogP contribution >= 0.6 is 43.5 Å². The highest BCUT2D eigenvalue weighted by molar-refractivity contribution is 9.11. The number of furan rings is 1. The molecule has 0 amide bonds. The largest absolute Gasteiger partial charge is 0.456 e. The van der Waals surface area contributed by atoms with E-state index in [1.807, 2.05) is 30.3 Å². The molecule has 1 unspecified atom stereocenters. The topological polar surface area (TPSA) is 33.4 Å². The predicted molar refractivity (Wildman–Crippen MR) is 87.1 cm³/mol. The van der Waals surface area contributed by atoms with Crippen LogP contribution in [0.5, 0.6) is 0 Å². The van der Waals surface area contributed by atoms with E-state index in [4.69, 9.17) is 16.0 Å². The molecule has 0 aliphatic heterocycles. The quantitative estimate of drug-likeness (QED) is 0.582. The van der Waals surface area contributed by atoms with E-state index < -0.39 is 6.10 Å². The predicted octanol–water partition coefficient (Wildman–Crippen LogP) is 5.69. The van der Waals surface area contributed by atoms with Gasteiger partial charge in [-0.2, -0.15) is 0 Å². The first-order valence-electron chi connectivity index (χ1n) is 5.86. The smallest absolute Gasteiger partial charge is 0.153 e. The number of para-hydroxylation sites is 1. The van der Waals surface area contributed by atoms with Crippen molar-refractivity contribution >= 4 is 54.4 Å². The fourth-order valence-corrected chi connectivity index (χ4v) is 3.63. The minimum atomic E-state index is -0.840. The minimum Gasteiger partial charge on any atom is -0.456 e. The summed E-state index contributed by atoms with van der Waals surface area (Å²) >= 11 is 12.9. The Hall–Kier alpha value is -0.810. The van der Waals surface area contributed by atoms with E-state index in [-0.39, 0.29) is 0 Å². The highest BCUT2D eigenvalue weighted by Crippen LogP contribution is 2.33. The van der Waals surface area contributed by atoms with Crippen molar-refractivity contribution in [2.45, 2.75) is 6.10 Å². The van der Waals surface area contributed by atoms with Gasteiger partial charge >= 0.3 is 0 Å². The van der Waals surface area contributed by atoms with Crippen LogP contribution in [0, 0.1) is 0 Å². The molecule has 0 aliphatic rings. The molecule has 3 rings (SSSR count). The molecule has 20 heavy (non-hydrogen) atoms. The normalized spacial score (nSPS) is 12.8. The van der Waals surface area contributed by atoms with Crippen LogP contribution < -0.4 is 0 Å². The number of rotatable bonds is 2. The summed E-state index contributed by atoms with van der Waals surface area (Å²) in [5.41, 5.74) is 1.33. The van der Waals surface area contributed by atoms with E-state index in [1.54, 1.807) is 12.1 Å². The van der Waals surface area contributed by atoms with Gasteiger partial charge in [0.05, 0.1) is 5.02 Å². The van der Waals surface area contributed by atoms with Gasteiger partial charge in [0.25, 0.3) is 0 Å². The molecule has 0 bridgehead atoms. The number of aliphatic hydroxyl groups excluding tert-OH is 1. The molecule has 0 radical (unpaired) electrons. The van der Waals surface area contributed by atoms with Gasteiger partial charge in [0.2, 0.25) is 0 Å². The molecule has 0 fully saturated rings. The first kappa shape index (κ1) is 14.1. The Morgan fingerprint density at radius 3 is 2.40 bits per heavy atom. The first-order chi connectivity index (χ1) is 9.54. The van der Waals surface area contributed by atoms with E-state index in [0.717, 1.165) is 19.9 Å². The molecule has 0 spiro atoms. The Labute approximate surface area is 137 Å². The van der Waals surface area contributed by atoms with Crippen molar-refractivity contribution < 1.29 is 9.52 Å². The standard InChI is InChI=1S/C15H9Br2ClO2/c16-10-4-9(5-11(17)7-10)14(19)13-6-8-2-1-3-12(18)15(8)20-13/h1-7,14,19H. The molecule has 2 nitrogen and oxygen atoms in total. The Bertz CT molecular complexity index is 762. The summed E-state index contributed by atoms with van der Waals surface area (Å²) in [7, 11) is 0. The minimum absolute atomic E-state index is 0.470. The van der Waals surface area contributed by atoms with Crippen LogP contribution in [-0.2, 0) is 0 Å². The van der Waals surface area contributed by atoms with E-state index in [0.29, 0.717) is 16.4 Å². The Morgan fingerprint density at radius 1 is 1.05 bits per heavy atom. The number of aliphatic hydroxyl groups is 1. The van der Waals surface area contributed by atoms with E-state index >= 15 is 0 Å². The monoisotopic (exact) mass is 414 g/mol. The second kappa shape index (κ2) is 5.53. The van der Waals surface area contributed by atoms with Crippen LogP contribution in [0.4, 0.5) is 0 Å². The van der Waals surface area contributed by atoms with Crippen molar-refractivity contribution in [3.05, 3.63) is 67.8 Å². The third-order valence-corrected chi connectivity index (χ3v) is 4.20. The molecule has 0 aliphatic carbocycles. The lowest BCUT2D eigenvalue weighted by Crippen LogP contribution is -1.97. The fraction of sp³-hybridized carbons (Fsp3) is 0.0667. The van der Waals surface area contributed by atoms with E-state index in [1.165, 1.54) is 0 Å². The molecule has 1 aromatic heterocycles. The molecule has 3 aromatic rings. The number of benzene rings is 2. The van der Waals surface area contributed by atoms with Gasteiger partial charge in [-0.25, -0.2) is 0 Å². The summed E-state index contributed by atoms with van der Waals surface area (Å²) in [4.78, 5) is 0. The van der Waals surface area contributed by atoms with Gasteiger partial charge < -0.3 is 9.52 Å². The van der Waals surface area contributed by atoms with Gasteiger partial charge in [0.15, 0.2) is 5.58 Å². The van der Waals surface area contributed by atoms with Crippen LogP contribution in [-0.4, -0.2) is 5.11 Å². The third-order valence-electron chi connectivity index (χ3n) is 2.99. The second-order valence-electron chi connectivity index (χ2n) is 4.41. The molecule has 1 heterocycles. The maximum absolute atomic E-state index is 10.5. The SMILES string of the molecule is OC(c1cc(Br)cc(Br)c1)c1cc2cccc(Cl)c2o1. The molecule has 0 saturated carbocycles. The van der Waals surface area contributed by atoms with Crippen LogP contribution in [0.1, 0.15) is 17.4 Å². The van der Waals surface area contributed by atoms with Gasteiger partial charge in [-0.1, -0.05) is 55.6 Å². The van der Waals surface area contributed by atoms with Crippen molar-refractivity contribution in [3.8, 4) is 0 Å². The van der Waals surface area contributed by atoms with E-state index in [2.05, 4.69) is 31.9 Å². The van der Waals surface area contributed by atoms with Gasteiger partial charge in [0, 0.05) is 14.3 Å². The molecule has 102 valence electrons. The molecule has 2 aromatic carbocycles. The molecular formula is C15H9Br2ClO2. The summed E-state index contributed by atoms with van der Waals surface area (Å²) < 4.78 is 7.45. The maximum Gasteiger partial charge on any atom is 0.153 e. The highest BCUT2D eigenvalue weighted by atomic mass is 79.9. The van der Waals surface area contributed by atoms with Crippen molar-refractivity contribution in [2.75, 3.05) is 0 Å². The molecule has 1 N–H and O–H groups in total. The fourth-order valence-electron chi connectivity index (χ4n) is 2.08. The summed E-state index contributed by atoms with van der Waals surface area (Å²) in [5.74, 6) is 0.470. The Morgan fingerprint density at radius 2 is 1.75 bits per heavy atom. The van der Waals surface area contributed by atoms with Gasteiger partial charge in [-0.3, -0.25) is 0 Å². The molecule has 0 saturated heterocycles. The van der Waals surface area contributed by atoms with Crippen molar-refractivity contribution in [3.63, 3.8) is 0 Å². The van der Waals surface area contributed by atoms with E-state index in [9.17, 15) is 5.11 Å². The second-order valence-corrected chi connectivity index (χ2v) is 6.65. The zero-order chi connectivity index (χ0) is 14.3. The average molecular weight is 416 g/mol. The van der Waals surface area contributed by atoms with Gasteiger partial charge in [0.1, 0.15) is 11.9 Å². The van der Waals surface area contributed by atoms with Gasteiger partial charge in [-0.15, -0.1) is 0 Å². The number of halogens is 3. The third kappa shape index (κ3) is 2.66. The lowest BCUT2D eigenvalue weighted by atomic mass is 10.1. The van der Waals surface area contributed by atoms with Gasteiger partial charge in [-0.05, 0) is 35.9 Å². The van der Waals surface area contributed by atoms with Crippen LogP contribution in [0.15, 0.2) is 55.8 Å². The lowest BCUT2D eigenvalue weighted by molar-refractivity contribution is 0.192. The molecular weight excluding hydrogens is 407 g/mol. The first-order valence-corrected chi connectivity index (χ1v) is 7.83. The molecule has 1 atom stereocenters. The Balaban J connectivity index is 2.07. The van der Waals surface area contributed by atoms with Crippen molar-refractivity contribution in [1.29, 1.82) is 0 Å². The van der Waals surface area contributed by atoms with Crippen LogP contribution in [0.2, 0.25) is 5.02 Å². The number of hydrogen-bond donors (Lipinski definition) is 1. The van der Waals surface area contributed by atoms with Crippen LogP contribution in [0.3, 0.4) is 0 Å². The summed E-state index contributed by atoms with van der Waals surface area (Å²) in [6.45, 7) is 0. The number of fused-ring (bicyclic) bond motifs is 1. The highest BCUT2D eigenvalue weighted by Gasteiger charge is 2.17. The summed E-state index contributed by atoms with van der Waals surface area (Å²) in [5, 5.41) is 11.9. The maximum atomic E-state index is 10.5. The summed E-state index contributed by atoms with van der Waals surface area (Å²) in [6.07, 6.45) is -0.840. The zero-order valence-corrected chi connectivity index (χ0v) is 14.0. The lowest BCUT2D eigenvalue weighted by Gasteiger charge is -2.09. The summed E-state index contributed by atoms with van der Waals surface area (Å²) in [6, 6.07) is 12.9. The Kier molecular flexibility index (Phi) is 3.91. The zero-order valence-electron chi connectivity index (χ0n) is 10.1. The molecule has 5 heteroatoms. The van der Waals surface area contributed by atoms with Crippen LogP contribution in [0.25, 0.3) is 11.0 Å². The van der Waals surface area contributed by atoms with Crippen molar-refractivity contribution in [2.24, 2.45) is 0 Å². The number of hydrogen-bond acceptors (Lipinski definition) is 2. The average Bonchev–Trinajstić information content (AvgIpc) is 2.82. The van der Waals surface area contributed by atoms with Crippen molar-refractivity contribution in [1.82, 2.24) is 0 Å².